The van der Waals surface area contributed by atoms with Gasteiger partial charge in [0, 0.05) is 49.0 Å². The molecular formula is C45H31NO3S. The normalized spacial score (nSPS) is 13.8. The van der Waals surface area contributed by atoms with E-state index in [9.17, 15) is 0 Å². The Morgan fingerprint density at radius 1 is 0.540 bits per heavy atom. The van der Waals surface area contributed by atoms with Gasteiger partial charge in [-0.1, -0.05) is 111 Å². The van der Waals surface area contributed by atoms with Gasteiger partial charge in [-0.2, -0.15) is 0 Å². The summed E-state index contributed by atoms with van der Waals surface area (Å²) in [5, 5.41) is 2.23. The highest BCUT2D eigenvalue weighted by Crippen LogP contribution is 2.55. The number of hydrogen-bond donors (Lipinski definition) is 0. The molecule has 0 fully saturated rings. The van der Waals surface area contributed by atoms with Gasteiger partial charge in [-0.05, 0) is 77.4 Å². The van der Waals surface area contributed by atoms with Crippen molar-refractivity contribution in [2.75, 3.05) is 4.90 Å². The van der Waals surface area contributed by atoms with Gasteiger partial charge in [0.25, 0.3) is 0 Å². The molecule has 2 aliphatic rings. The monoisotopic (exact) mass is 665 g/mol. The number of fused-ring (bicyclic) bond motifs is 7. The van der Waals surface area contributed by atoms with Gasteiger partial charge < -0.3 is 18.8 Å². The van der Waals surface area contributed by atoms with Crippen molar-refractivity contribution in [3.05, 3.63) is 163 Å². The average Bonchev–Trinajstić information content (AvgIpc) is 3.52. The first-order chi connectivity index (χ1) is 24.5. The summed E-state index contributed by atoms with van der Waals surface area (Å²) in [6.45, 7) is 4.66. The van der Waals surface area contributed by atoms with Crippen molar-refractivity contribution >= 4 is 50.8 Å². The molecule has 0 atom stereocenters. The van der Waals surface area contributed by atoms with Gasteiger partial charge in [0.05, 0.1) is 5.69 Å². The maximum absolute atomic E-state index is 6.41. The zero-order chi connectivity index (χ0) is 33.4. The van der Waals surface area contributed by atoms with Crippen LogP contribution in [-0.2, 0) is 5.41 Å². The number of furan rings is 1. The van der Waals surface area contributed by atoms with Crippen molar-refractivity contribution in [3.8, 4) is 34.1 Å². The van der Waals surface area contributed by atoms with Crippen molar-refractivity contribution in [1.82, 2.24) is 0 Å². The van der Waals surface area contributed by atoms with Gasteiger partial charge in [-0.25, -0.2) is 0 Å². The Morgan fingerprint density at radius 3 is 2.10 bits per heavy atom. The van der Waals surface area contributed by atoms with E-state index >= 15 is 0 Å². The Morgan fingerprint density at radius 2 is 1.22 bits per heavy atom. The van der Waals surface area contributed by atoms with E-state index in [0.717, 1.165) is 61.6 Å². The maximum Gasteiger partial charge on any atom is 0.177 e. The van der Waals surface area contributed by atoms with Gasteiger partial charge in [-0.3, -0.25) is 0 Å². The molecule has 0 saturated heterocycles. The topological polar surface area (TPSA) is 34.8 Å². The molecule has 240 valence electrons. The molecule has 0 unspecified atom stereocenters. The minimum Gasteiger partial charge on any atom is -0.456 e. The molecule has 1 aromatic heterocycles. The molecule has 0 bridgehead atoms. The second-order valence-corrected chi connectivity index (χ2v) is 14.4. The molecule has 0 N–H and O–H groups in total. The summed E-state index contributed by atoms with van der Waals surface area (Å²) in [5.74, 6) is 2.87. The van der Waals surface area contributed by atoms with E-state index < -0.39 is 0 Å². The molecule has 0 spiro atoms. The molecular weight excluding hydrogens is 635 g/mol. The number of nitrogens with zero attached hydrogens (tertiary/aromatic N) is 1. The largest absolute Gasteiger partial charge is 0.456 e. The summed E-state index contributed by atoms with van der Waals surface area (Å²) in [6.07, 6.45) is 0. The second-order valence-electron chi connectivity index (χ2n) is 13.3. The minimum atomic E-state index is -0.154. The van der Waals surface area contributed by atoms with E-state index in [1.54, 1.807) is 0 Å². The molecule has 5 heteroatoms. The van der Waals surface area contributed by atoms with Crippen LogP contribution in [0.25, 0.3) is 33.1 Å². The summed E-state index contributed by atoms with van der Waals surface area (Å²) in [7, 11) is 0. The first-order valence-corrected chi connectivity index (χ1v) is 17.6. The highest BCUT2D eigenvalue weighted by atomic mass is 32.2. The lowest BCUT2D eigenvalue weighted by Crippen LogP contribution is -2.25. The highest BCUT2D eigenvalue weighted by Gasteiger charge is 2.35. The third kappa shape index (κ3) is 4.47. The summed E-state index contributed by atoms with van der Waals surface area (Å²) < 4.78 is 19.0. The van der Waals surface area contributed by atoms with Gasteiger partial charge in [0.2, 0.25) is 0 Å². The van der Waals surface area contributed by atoms with Crippen LogP contribution in [0.2, 0.25) is 0 Å². The second kappa shape index (κ2) is 11.1. The fraction of sp³-hybridized carbons (Fsp3) is 0.0667. The van der Waals surface area contributed by atoms with Crippen molar-refractivity contribution in [1.29, 1.82) is 0 Å². The lowest BCUT2D eigenvalue weighted by molar-refractivity contribution is 0.361. The predicted octanol–water partition coefficient (Wildman–Crippen LogP) is 13.4. The smallest absolute Gasteiger partial charge is 0.177 e. The Labute approximate surface area is 294 Å². The fourth-order valence-corrected chi connectivity index (χ4v) is 8.97. The predicted molar refractivity (Wildman–Crippen MR) is 203 cm³/mol. The van der Waals surface area contributed by atoms with Crippen molar-refractivity contribution in [2.45, 2.75) is 29.1 Å². The van der Waals surface area contributed by atoms with E-state index in [-0.39, 0.29) is 5.41 Å². The number of rotatable bonds is 4. The summed E-state index contributed by atoms with van der Waals surface area (Å²) in [5.41, 5.74) is 9.49. The molecule has 50 heavy (non-hydrogen) atoms. The Kier molecular flexibility index (Phi) is 6.42. The van der Waals surface area contributed by atoms with Crippen LogP contribution in [0.15, 0.2) is 166 Å². The minimum absolute atomic E-state index is 0.154. The molecule has 0 radical (unpaired) electrons. The molecule has 0 amide bonds. The number of ether oxygens (including phenoxy) is 2. The van der Waals surface area contributed by atoms with Gasteiger partial charge >= 0.3 is 0 Å². The van der Waals surface area contributed by atoms with Crippen LogP contribution in [-0.4, -0.2) is 0 Å². The first-order valence-electron chi connectivity index (χ1n) is 16.8. The molecule has 2 aliphatic heterocycles. The SMILES string of the molecule is CC1(C)c2ccccc2Sc2c(N(c3ccc(-c4cccc5c4Oc4ccccc4O5)cc3)c3ccc4c(c3)oc3ccccc34)cccc21. The van der Waals surface area contributed by atoms with Crippen LogP contribution in [0.3, 0.4) is 0 Å². The van der Waals surface area contributed by atoms with E-state index in [4.69, 9.17) is 13.9 Å². The zero-order valence-corrected chi connectivity index (χ0v) is 28.3. The van der Waals surface area contributed by atoms with Crippen LogP contribution in [0.1, 0.15) is 25.0 Å². The van der Waals surface area contributed by atoms with Gasteiger partial charge in [-0.15, -0.1) is 0 Å². The molecule has 8 aromatic rings. The lowest BCUT2D eigenvalue weighted by atomic mass is 9.77. The van der Waals surface area contributed by atoms with Crippen molar-refractivity contribution in [2.24, 2.45) is 0 Å². The molecule has 3 heterocycles. The molecule has 0 aliphatic carbocycles. The number of para-hydroxylation sites is 4. The molecule has 7 aromatic carbocycles. The van der Waals surface area contributed by atoms with E-state index in [1.807, 2.05) is 60.3 Å². The average molecular weight is 666 g/mol. The van der Waals surface area contributed by atoms with Crippen LogP contribution in [0, 0.1) is 0 Å². The van der Waals surface area contributed by atoms with Crippen LogP contribution in [0.5, 0.6) is 23.0 Å². The van der Waals surface area contributed by atoms with E-state index in [0.29, 0.717) is 11.5 Å². The zero-order valence-electron chi connectivity index (χ0n) is 27.5. The van der Waals surface area contributed by atoms with Crippen molar-refractivity contribution in [3.63, 3.8) is 0 Å². The van der Waals surface area contributed by atoms with Gasteiger partial charge in [0.1, 0.15) is 11.2 Å². The third-order valence-electron chi connectivity index (χ3n) is 10.00. The van der Waals surface area contributed by atoms with Crippen molar-refractivity contribution < 1.29 is 13.9 Å². The maximum atomic E-state index is 6.41. The summed E-state index contributed by atoms with van der Waals surface area (Å²) in [6, 6.07) is 52.9. The Hall–Kier alpha value is -5.91. The molecule has 0 saturated carbocycles. The summed E-state index contributed by atoms with van der Waals surface area (Å²) >= 11 is 1.85. The van der Waals surface area contributed by atoms with Gasteiger partial charge in [0.15, 0.2) is 23.0 Å². The fourth-order valence-electron chi connectivity index (χ4n) is 7.47. The lowest BCUT2D eigenvalue weighted by Gasteiger charge is -2.37. The molecule has 10 rings (SSSR count). The number of anilines is 3. The van der Waals surface area contributed by atoms with E-state index in [1.165, 1.54) is 20.9 Å². The third-order valence-corrected chi connectivity index (χ3v) is 11.2. The summed E-state index contributed by atoms with van der Waals surface area (Å²) in [4.78, 5) is 4.91. The van der Waals surface area contributed by atoms with E-state index in [2.05, 4.69) is 122 Å². The van der Waals surface area contributed by atoms with Crippen LogP contribution >= 0.6 is 11.8 Å². The Bertz CT molecular complexity index is 2620. The first kappa shape index (κ1) is 29.0. The quantitative estimate of drug-likeness (QED) is 0.187. The van der Waals surface area contributed by atoms with Crippen LogP contribution in [0.4, 0.5) is 17.1 Å². The Balaban J connectivity index is 1.13. The number of benzene rings is 7. The molecule has 4 nitrogen and oxygen atoms in total. The van der Waals surface area contributed by atoms with Crippen LogP contribution < -0.4 is 14.4 Å². The standard InChI is InChI=1S/C45H31NO3S/c1-45(2)34-13-4-8-20-42(34)50-44-35(45)14-10-15-36(44)46(30-25-26-33-32-11-3-5-16-37(32)47-41(33)27-30)29-23-21-28(22-24-29)31-12-9-19-40-43(31)49-39-18-7-6-17-38(39)48-40/h3-27H,1-2H3. The highest BCUT2D eigenvalue weighted by molar-refractivity contribution is 7.99. The number of hydrogen-bond acceptors (Lipinski definition) is 5.